The number of hydrogen-bond acceptors (Lipinski definition) is 2. The molecule has 1 aliphatic carbocycles. The van der Waals surface area contributed by atoms with Gasteiger partial charge in [-0.15, -0.1) is 0 Å². The van der Waals surface area contributed by atoms with Crippen LogP contribution >= 0.6 is 0 Å². The third-order valence-electron chi connectivity index (χ3n) is 5.70. The van der Waals surface area contributed by atoms with Gasteiger partial charge < -0.3 is 10.6 Å². The Morgan fingerprint density at radius 3 is 2.33 bits per heavy atom. The minimum atomic E-state index is 0.0922. The van der Waals surface area contributed by atoms with E-state index in [0.717, 1.165) is 5.92 Å². The summed E-state index contributed by atoms with van der Waals surface area (Å²) < 4.78 is 0. The van der Waals surface area contributed by atoms with Gasteiger partial charge >= 0.3 is 0 Å². The summed E-state index contributed by atoms with van der Waals surface area (Å²) in [5.41, 5.74) is 12.3. The molecule has 0 radical (unpaired) electrons. The van der Waals surface area contributed by atoms with E-state index in [2.05, 4.69) is 58.8 Å². The normalized spacial score (nSPS) is 27.9. The number of nitrogens with two attached hydrogens (primary N) is 1. The molecule has 2 rings (SSSR count). The zero-order valence-corrected chi connectivity index (χ0v) is 14.7. The molecule has 1 fully saturated rings. The van der Waals surface area contributed by atoms with Crippen LogP contribution in [0.3, 0.4) is 0 Å². The van der Waals surface area contributed by atoms with Gasteiger partial charge in [0.25, 0.3) is 0 Å². The Kier molecular flexibility index (Phi) is 4.79. The van der Waals surface area contributed by atoms with E-state index in [1.54, 1.807) is 0 Å². The lowest BCUT2D eigenvalue weighted by Crippen LogP contribution is -2.55. The molecule has 0 saturated heterocycles. The predicted octanol–water partition coefficient (Wildman–Crippen LogP) is 4.12. The van der Waals surface area contributed by atoms with E-state index >= 15 is 0 Å². The minimum Gasteiger partial charge on any atom is -0.322 e. The van der Waals surface area contributed by atoms with E-state index in [-0.39, 0.29) is 11.6 Å². The fraction of sp³-hybridized carbons (Fsp3) is 0.684. The molecule has 0 bridgehead atoms. The van der Waals surface area contributed by atoms with Gasteiger partial charge in [-0.1, -0.05) is 31.9 Å². The van der Waals surface area contributed by atoms with Crippen molar-refractivity contribution in [1.82, 2.24) is 4.90 Å². The molecule has 1 aliphatic rings. The van der Waals surface area contributed by atoms with Crippen LogP contribution < -0.4 is 5.73 Å². The van der Waals surface area contributed by atoms with Gasteiger partial charge in [0.15, 0.2) is 0 Å². The monoisotopic (exact) mass is 288 g/mol. The zero-order valence-electron chi connectivity index (χ0n) is 14.7. The molecule has 2 N–H and O–H groups in total. The van der Waals surface area contributed by atoms with Crippen molar-refractivity contribution in [1.29, 1.82) is 0 Å². The molecule has 0 aromatic heterocycles. The van der Waals surface area contributed by atoms with Crippen molar-refractivity contribution in [2.24, 2.45) is 11.7 Å². The third kappa shape index (κ3) is 3.02. The molecule has 0 aliphatic heterocycles. The molecule has 1 aromatic carbocycles. The summed E-state index contributed by atoms with van der Waals surface area (Å²) in [6.45, 7) is 8.95. The van der Waals surface area contributed by atoms with E-state index in [1.165, 1.54) is 47.9 Å². The third-order valence-corrected chi connectivity index (χ3v) is 5.70. The van der Waals surface area contributed by atoms with Gasteiger partial charge in [0.2, 0.25) is 0 Å². The second-order valence-electron chi connectivity index (χ2n) is 7.47. The van der Waals surface area contributed by atoms with Crippen LogP contribution in [0.1, 0.15) is 60.9 Å². The Morgan fingerprint density at radius 1 is 1.14 bits per heavy atom. The standard InChI is InChI=1S/C19H32N2/c1-13-8-7-9-19(12-13,21(5)6)18(20)17-11-15(3)14(2)10-16(17)4/h10-11,13,18H,7-9,12,20H2,1-6H3. The van der Waals surface area contributed by atoms with E-state index < -0.39 is 0 Å². The first-order chi connectivity index (χ1) is 9.78. The summed E-state index contributed by atoms with van der Waals surface area (Å²) in [5.74, 6) is 0.763. The van der Waals surface area contributed by atoms with Crippen molar-refractivity contribution >= 4 is 0 Å². The van der Waals surface area contributed by atoms with Crippen molar-refractivity contribution in [3.63, 3.8) is 0 Å². The molecule has 3 atom stereocenters. The van der Waals surface area contributed by atoms with Crippen LogP contribution in [0.2, 0.25) is 0 Å². The highest BCUT2D eigenvalue weighted by Gasteiger charge is 2.43. The summed E-state index contributed by atoms with van der Waals surface area (Å²) >= 11 is 0. The Bertz CT molecular complexity index is 507. The molecule has 21 heavy (non-hydrogen) atoms. The van der Waals surface area contributed by atoms with Crippen molar-refractivity contribution < 1.29 is 0 Å². The number of aryl methyl sites for hydroxylation is 3. The van der Waals surface area contributed by atoms with Gasteiger partial charge in [-0.2, -0.15) is 0 Å². The van der Waals surface area contributed by atoms with Crippen molar-refractivity contribution in [3.8, 4) is 0 Å². The van der Waals surface area contributed by atoms with E-state index in [9.17, 15) is 0 Å². The minimum absolute atomic E-state index is 0.0922. The number of likely N-dealkylation sites (N-methyl/N-ethyl adjacent to an activating group) is 1. The summed E-state index contributed by atoms with van der Waals surface area (Å²) in [5, 5.41) is 0. The van der Waals surface area contributed by atoms with Gasteiger partial charge in [-0.3, -0.25) is 0 Å². The smallest absolute Gasteiger partial charge is 0.0484 e. The van der Waals surface area contributed by atoms with Crippen LogP contribution in [-0.2, 0) is 0 Å². The maximum Gasteiger partial charge on any atom is 0.0484 e. The van der Waals surface area contributed by atoms with Crippen molar-refractivity contribution in [3.05, 3.63) is 34.4 Å². The second kappa shape index (κ2) is 6.10. The molecule has 118 valence electrons. The molecule has 0 amide bonds. The molecule has 2 heteroatoms. The first-order valence-electron chi connectivity index (χ1n) is 8.28. The maximum atomic E-state index is 6.85. The number of hydrogen-bond donors (Lipinski definition) is 1. The predicted molar refractivity (Wildman–Crippen MR) is 91.6 cm³/mol. The molecule has 1 saturated carbocycles. The fourth-order valence-corrected chi connectivity index (χ4v) is 4.14. The van der Waals surface area contributed by atoms with E-state index in [0.29, 0.717) is 0 Å². The Morgan fingerprint density at radius 2 is 1.76 bits per heavy atom. The average Bonchev–Trinajstić information content (AvgIpc) is 2.41. The van der Waals surface area contributed by atoms with Crippen LogP contribution in [0.15, 0.2) is 12.1 Å². The van der Waals surface area contributed by atoms with Crippen molar-refractivity contribution in [2.75, 3.05) is 14.1 Å². The molecule has 2 nitrogen and oxygen atoms in total. The quantitative estimate of drug-likeness (QED) is 0.906. The van der Waals surface area contributed by atoms with Gasteiger partial charge in [-0.05, 0) is 75.9 Å². The van der Waals surface area contributed by atoms with E-state index in [1.807, 2.05) is 0 Å². The average molecular weight is 288 g/mol. The Labute approximate surface area is 130 Å². The topological polar surface area (TPSA) is 29.3 Å². The first-order valence-corrected chi connectivity index (χ1v) is 8.28. The maximum absolute atomic E-state index is 6.85. The second-order valence-corrected chi connectivity index (χ2v) is 7.47. The van der Waals surface area contributed by atoms with Crippen LogP contribution in [0.4, 0.5) is 0 Å². The van der Waals surface area contributed by atoms with E-state index in [4.69, 9.17) is 5.73 Å². The SMILES string of the molecule is Cc1cc(C)c(C(N)C2(N(C)C)CCCC(C)C2)cc1C. The Balaban J connectivity index is 2.44. The van der Waals surface area contributed by atoms with Gasteiger partial charge in [0, 0.05) is 11.6 Å². The summed E-state index contributed by atoms with van der Waals surface area (Å²) in [4.78, 5) is 2.39. The highest BCUT2D eigenvalue weighted by molar-refractivity contribution is 5.39. The number of rotatable bonds is 3. The molecule has 1 aromatic rings. The lowest BCUT2D eigenvalue weighted by Gasteiger charge is -2.49. The largest absolute Gasteiger partial charge is 0.322 e. The van der Waals surface area contributed by atoms with Gasteiger partial charge in [0.1, 0.15) is 0 Å². The molecular formula is C19H32N2. The highest BCUT2D eigenvalue weighted by atomic mass is 15.2. The van der Waals surface area contributed by atoms with Crippen molar-refractivity contribution in [2.45, 2.75) is 65.0 Å². The highest BCUT2D eigenvalue weighted by Crippen LogP contribution is 2.43. The van der Waals surface area contributed by atoms with Crippen LogP contribution in [0.25, 0.3) is 0 Å². The van der Waals surface area contributed by atoms with Gasteiger partial charge in [0.05, 0.1) is 0 Å². The van der Waals surface area contributed by atoms with Crippen LogP contribution in [0, 0.1) is 26.7 Å². The Hall–Kier alpha value is -0.860. The van der Waals surface area contributed by atoms with Crippen LogP contribution in [0.5, 0.6) is 0 Å². The first kappa shape index (κ1) is 16.5. The number of nitrogens with zero attached hydrogens (tertiary/aromatic N) is 1. The molecule has 0 spiro atoms. The number of benzene rings is 1. The molecule has 3 unspecified atom stereocenters. The van der Waals surface area contributed by atoms with Gasteiger partial charge in [-0.25, -0.2) is 0 Å². The van der Waals surface area contributed by atoms with Crippen LogP contribution in [-0.4, -0.2) is 24.5 Å². The summed E-state index contributed by atoms with van der Waals surface area (Å²) in [6.07, 6.45) is 5.04. The molecule has 0 heterocycles. The lowest BCUT2D eigenvalue weighted by atomic mass is 9.69. The summed E-state index contributed by atoms with van der Waals surface area (Å²) in [6, 6.07) is 4.70. The zero-order chi connectivity index (χ0) is 15.8. The fourth-order valence-electron chi connectivity index (χ4n) is 4.14. The summed E-state index contributed by atoms with van der Waals surface area (Å²) in [7, 11) is 4.41. The molecular weight excluding hydrogens is 256 g/mol. The lowest BCUT2D eigenvalue weighted by molar-refractivity contribution is 0.0497.